The number of aromatic nitrogens is 3. The summed E-state index contributed by atoms with van der Waals surface area (Å²) in [4.78, 5) is 28.7. The van der Waals surface area contributed by atoms with Crippen LogP contribution in [0.5, 0.6) is 6.01 Å². The number of hydrogen-bond donors (Lipinski definition) is 1. The summed E-state index contributed by atoms with van der Waals surface area (Å²) in [6, 6.07) is 10.6. The van der Waals surface area contributed by atoms with Gasteiger partial charge in [0, 0.05) is 44.4 Å². The molecule has 1 amide bonds. The van der Waals surface area contributed by atoms with Crippen LogP contribution in [-0.2, 0) is 9.53 Å². The number of carbonyl (C=O) groups excluding carboxylic acids is 1. The Kier molecular flexibility index (Phi) is 6.61. The van der Waals surface area contributed by atoms with Crippen molar-refractivity contribution >= 4 is 34.4 Å². The molecule has 1 aliphatic heterocycles. The zero-order chi connectivity index (χ0) is 23.7. The number of nitrogens with zero attached hydrogens (tertiary/aromatic N) is 4. The molecule has 180 valence electrons. The first-order valence-electron chi connectivity index (χ1n) is 11.8. The fourth-order valence-corrected chi connectivity index (χ4v) is 5.02. The summed E-state index contributed by atoms with van der Waals surface area (Å²) in [5, 5.41) is 0.560. The molecule has 0 spiro atoms. The first kappa shape index (κ1) is 22.9. The Morgan fingerprint density at radius 2 is 1.82 bits per heavy atom. The van der Waals surface area contributed by atoms with E-state index in [1.165, 1.54) is 5.69 Å². The lowest BCUT2D eigenvalue weighted by atomic mass is 9.86. The Morgan fingerprint density at radius 1 is 1.12 bits per heavy atom. The Morgan fingerprint density at radius 3 is 2.50 bits per heavy atom. The van der Waals surface area contributed by atoms with Crippen molar-refractivity contribution < 1.29 is 14.3 Å². The van der Waals surface area contributed by atoms with Gasteiger partial charge in [0.1, 0.15) is 6.10 Å². The van der Waals surface area contributed by atoms with E-state index in [9.17, 15) is 4.79 Å². The number of imidazole rings is 1. The number of rotatable bonds is 5. The largest absolute Gasteiger partial charge is 0.461 e. The third-order valence-electron chi connectivity index (χ3n) is 6.66. The van der Waals surface area contributed by atoms with Crippen LogP contribution in [-0.4, -0.2) is 72.3 Å². The molecule has 2 aromatic heterocycles. The summed E-state index contributed by atoms with van der Waals surface area (Å²) in [5.41, 5.74) is 4.12. The topological polar surface area (TPSA) is 83.6 Å². The molecule has 8 nitrogen and oxygen atoms in total. The molecule has 2 aliphatic rings. The zero-order valence-corrected chi connectivity index (χ0v) is 20.3. The van der Waals surface area contributed by atoms with Crippen LogP contribution >= 0.6 is 11.6 Å². The van der Waals surface area contributed by atoms with Crippen molar-refractivity contribution in [3.8, 4) is 17.3 Å². The van der Waals surface area contributed by atoms with E-state index in [0.29, 0.717) is 22.4 Å². The monoisotopic (exact) mass is 483 g/mol. The van der Waals surface area contributed by atoms with E-state index in [2.05, 4.69) is 27.0 Å². The zero-order valence-electron chi connectivity index (χ0n) is 19.6. The molecule has 1 aromatic carbocycles. The minimum absolute atomic E-state index is 0.0365. The highest BCUT2D eigenvalue weighted by atomic mass is 35.5. The normalized spacial score (nSPS) is 21.0. The van der Waals surface area contributed by atoms with Crippen LogP contribution in [0.4, 0.5) is 5.69 Å². The van der Waals surface area contributed by atoms with Crippen LogP contribution in [0.25, 0.3) is 22.4 Å². The Bertz CT molecular complexity index is 1150. The number of H-pyrrole nitrogens is 1. The van der Waals surface area contributed by atoms with Crippen molar-refractivity contribution in [1.29, 1.82) is 0 Å². The third-order valence-corrected chi connectivity index (χ3v) is 6.95. The lowest BCUT2D eigenvalue weighted by Crippen LogP contribution is -2.36. The number of hydrogen-bond acceptors (Lipinski definition) is 6. The fraction of sp³-hybridized carbons (Fsp3) is 0.480. The lowest BCUT2D eigenvalue weighted by molar-refractivity contribution is -0.134. The molecule has 1 N–H and O–H groups in total. The van der Waals surface area contributed by atoms with Gasteiger partial charge in [-0.05, 0) is 43.9 Å². The molecule has 2 fully saturated rings. The number of halogens is 1. The molecule has 3 heterocycles. The van der Waals surface area contributed by atoms with E-state index in [1.54, 1.807) is 4.90 Å². The summed E-state index contributed by atoms with van der Waals surface area (Å²) in [7, 11) is 3.62. The average Bonchev–Trinajstić information content (AvgIpc) is 3.25. The van der Waals surface area contributed by atoms with Crippen LogP contribution in [0.2, 0.25) is 5.02 Å². The number of benzene rings is 1. The van der Waals surface area contributed by atoms with Crippen molar-refractivity contribution in [2.24, 2.45) is 5.92 Å². The molecule has 1 saturated carbocycles. The van der Waals surface area contributed by atoms with Gasteiger partial charge in [-0.1, -0.05) is 23.7 Å². The predicted octanol–water partition coefficient (Wildman–Crippen LogP) is 4.14. The second-order valence-electron chi connectivity index (χ2n) is 9.20. The first-order chi connectivity index (χ1) is 16.5. The second-order valence-corrected chi connectivity index (χ2v) is 9.61. The number of pyridine rings is 1. The molecule has 1 saturated heterocycles. The predicted molar refractivity (Wildman–Crippen MR) is 132 cm³/mol. The standard InChI is InChI=1S/C25H30ClN5O3/c1-30(2)24(32)17-5-9-19(10-6-17)34-25-27-21-15-20(26)22(28-23(21)29-25)16-3-7-18(8-4-16)31-11-13-33-14-12-31/h3-4,7-8,15,17,19H,5-6,9-14H2,1-2H3,(H,27,28,29)/t17-,19-. The molecule has 9 heteroatoms. The van der Waals surface area contributed by atoms with Crippen LogP contribution in [0.3, 0.4) is 0 Å². The summed E-state index contributed by atoms with van der Waals surface area (Å²) in [6.45, 7) is 3.30. The highest BCUT2D eigenvalue weighted by Gasteiger charge is 2.28. The quantitative estimate of drug-likeness (QED) is 0.587. The van der Waals surface area contributed by atoms with E-state index < -0.39 is 0 Å². The van der Waals surface area contributed by atoms with Gasteiger partial charge in [0.2, 0.25) is 5.91 Å². The van der Waals surface area contributed by atoms with Gasteiger partial charge in [-0.15, -0.1) is 0 Å². The maximum absolute atomic E-state index is 12.2. The Hall–Kier alpha value is -2.84. The third kappa shape index (κ3) is 4.83. The fourth-order valence-electron chi connectivity index (χ4n) is 4.76. The van der Waals surface area contributed by atoms with Crippen LogP contribution in [0.15, 0.2) is 30.3 Å². The summed E-state index contributed by atoms with van der Waals surface area (Å²) < 4.78 is 11.5. The highest BCUT2D eigenvalue weighted by Crippen LogP contribution is 2.32. The van der Waals surface area contributed by atoms with E-state index in [1.807, 2.05) is 32.3 Å². The van der Waals surface area contributed by atoms with Gasteiger partial charge in [0.15, 0.2) is 5.65 Å². The summed E-state index contributed by atoms with van der Waals surface area (Å²) >= 11 is 6.58. The van der Waals surface area contributed by atoms with Gasteiger partial charge in [-0.2, -0.15) is 4.98 Å². The average molecular weight is 484 g/mol. The molecule has 5 rings (SSSR count). The van der Waals surface area contributed by atoms with E-state index >= 15 is 0 Å². The van der Waals surface area contributed by atoms with Gasteiger partial charge in [-0.3, -0.25) is 4.79 Å². The molecule has 1 aliphatic carbocycles. The molecule has 0 radical (unpaired) electrons. The van der Waals surface area contributed by atoms with Crippen LogP contribution < -0.4 is 9.64 Å². The smallest absolute Gasteiger partial charge is 0.296 e. The second kappa shape index (κ2) is 9.80. The number of carbonyl (C=O) groups is 1. The molecule has 0 atom stereocenters. The maximum Gasteiger partial charge on any atom is 0.296 e. The van der Waals surface area contributed by atoms with Gasteiger partial charge < -0.3 is 24.3 Å². The number of anilines is 1. The van der Waals surface area contributed by atoms with Gasteiger partial charge in [0.05, 0.1) is 29.4 Å². The number of aromatic amines is 1. The SMILES string of the molecule is CN(C)C(=O)[C@H]1CC[C@H](Oc2nc3nc(-c4ccc(N5CCOCC5)cc4)c(Cl)cc3[nH]2)CC1. The van der Waals surface area contributed by atoms with Crippen molar-refractivity contribution in [3.63, 3.8) is 0 Å². The van der Waals surface area contributed by atoms with Gasteiger partial charge in [-0.25, -0.2) is 4.98 Å². The van der Waals surface area contributed by atoms with Gasteiger partial charge >= 0.3 is 0 Å². The minimum atomic E-state index is 0.0365. The Balaban J connectivity index is 1.28. The van der Waals surface area contributed by atoms with E-state index in [0.717, 1.165) is 63.1 Å². The summed E-state index contributed by atoms with van der Waals surface area (Å²) in [5.74, 6) is 0.287. The number of morpholine rings is 1. The maximum atomic E-state index is 12.2. The van der Waals surface area contributed by atoms with Crippen molar-refractivity contribution in [2.75, 3.05) is 45.3 Å². The number of amides is 1. The van der Waals surface area contributed by atoms with Crippen molar-refractivity contribution in [2.45, 2.75) is 31.8 Å². The van der Waals surface area contributed by atoms with Crippen molar-refractivity contribution in [3.05, 3.63) is 35.4 Å². The van der Waals surface area contributed by atoms with E-state index in [4.69, 9.17) is 26.1 Å². The van der Waals surface area contributed by atoms with Crippen LogP contribution in [0.1, 0.15) is 25.7 Å². The Labute approximate surface area is 204 Å². The summed E-state index contributed by atoms with van der Waals surface area (Å²) in [6.07, 6.45) is 3.36. The van der Waals surface area contributed by atoms with Crippen molar-refractivity contribution in [1.82, 2.24) is 19.9 Å². The molecular formula is C25H30ClN5O3. The lowest BCUT2D eigenvalue weighted by Gasteiger charge is -2.28. The van der Waals surface area contributed by atoms with Crippen LogP contribution in [0, 0.1) is 5.92 Å². The van der Waals surface area contributed by atoms with E-state index in [-0.39, 0.29) is 17.9 Å². The van der Waals surface area contributed by atoms with Gasteiger partial charge in [0.25, 0.3) is 6.01 Å². The number of nitrogens with one attached hydrogen (secondary N) is 1. The molecule has 0 bridgehead atoms. The highest BCUT2D eigenvalue weighted by molar-refractivity contribution is 6.33. The molecule has 3 aromatic rings. The number of fused-ring (bicyclic) bond motifs is 1. The molecular weight excluding hydrogens is 454 g/mol. The minimum Gasteiger partial charge on any atom is -0.461 e. The number of ether oxygens (including phenoxy) is 2. The molecule has 0 unspecified atom stereocenters. The molecule has 34 heavy (non-hydrogen) atoms. The first-order valence-corrected chi connectivity index (χ1v) is 12.2.